The van der Waals surface area contributed by atoms with Crippen LogP contribution in [0.4, 0.5) is 0 Å². The number of aryl methyl sites for hydroxylation is 2. The van der Waals surface area contributed by atoms with Crippen LogP contribution in [-0.4, -0.2) is 70.6 Å². The molecule has 21 heavy (non-hydrogen) atoms. The molecule has 1 aliphatic rings. The van der Waals surface area contributed by atoms with E-state index in [4.69, 9.17) is 11.6 Å². The van der Waals surface area contributed by atoms with Crippen molar-refractivity contribution in [3.8, 4) is 0 Å². The average Bonchev–Trinajstić information content (AvgIpc) is 2.77. The van der Waals surface area contributed by atoms with Gasteiger partial charge in [-0.1, -0.05) is 18.5 Å². The van der Waals surface area contributed by atoms with Crippen LogP contribution in [0.5, 0.6) is 0 Å². The largest absolute Gasteiger partial charge is 0.391 e. The second-order valence-electron chi connectivity index (χ2n) is 5.96. The molecule has 6 heteroatoms. The predicted molar refractivity (Wildman–Crippen MR) is 85.9 cm³/mol. The summed E-state index contributed by atoms with van der Waals surface area (Å²) in [6, 6.07) is 0.144. The molecule has 2 unspecified atom stereocenters. The zero-order chi connectivity index (χ0) is 15.6. The van der Waals surface area contributed by atoms with Gasteiger partial charge in [0.05, 0.1) is 22.5 Å². The third-order valence-electron chi connectivity index (χ3n) is 4.44. The van der Waals surface area contributed by atoms with Gasteiger partial charge in [-0.05, 0) is 27.4 Å². The Hall–Kier alpha value is -0.620. The third kappa shape index (κ3) is 3.59. The number of halogens is 1. The van der Waals surface area contributed by atoms with E-state index in [0.717, 1.165) is 49.0 Å². The van der Waals surface area contributed by atoms with Crippen LogP contribution in [0.1, 0.15) is 25.2 Å². The Bertz CT molecular complexity index is 476. The Morgan fingerprint density at radius 1 is 1.33 bits per heavy atom. The van der Waals surface area contributed by atoms with E-state index in [2.05, 4.69) is 42.8 Å². The smallest absolute Gasteiger partial charge is 0.0850 e. The first-order valence-electron chi connectivity index (χ1n) is 7.78. The number of nitrogens with zero attached hydrogens (tertiary/aromatic N) is 4. The van der Waals surface area contributed by atoms with Crippen LogP contribution < -0.4 is 0 Å². The summed E-state index contributed by atoms with van der Waals surface area (Å²) in [5.41, 5.74) is 1.89. The Labute approximate surface area is 132 Å². The Kier molecular flexibility index (Phi) is 5.66. The third-order valence-corrected chi connectivity index (χ3v) is 4.88. The molecular formula is C15H27ClN4O. The second-order valence-corrected chi connectivity index (χ2v) is 6.34. The minimum Gasteiger partial charge on any atom is -0.391 e. The number of aliphatic hydroxyl groups excluding tert-OH is 1. The maximum atomic E-state index is 10.7. The van der Waals surface area contributed by atoms with E-state index in [9.17, 15) is 5.11 Å². The van der Waals surface area contributed by atoms with Crippen molar-refractivity contribution in [1.82, 2.24) is 19.6 Å². The molecule has 1 aromatic heterocycles. The van der Waals surface area contributed by atoms with E-state index in [1.165, 1.54) is 0 Å². The van der Waals surface area contributed by atoms with Gasteiger partial charge >= 0.3 is 0 Å². The normalized spacial score (nSPS) is 22.7. The summed E-state index contributed by atoms with van der Waals surface area (Å²) in [5.74, 6) is 0. The topological polar surface area (TPSA) is 44.5 Å². The average molecular weight is 315 g/mol. The molecule has 2 rings (SSSR count). The van der Waals surface area contributed by atoms with Crippen LogP contribution in [-0.2, 0) is 19.4 Å². The van der Waals surface area contributed by atoms with E-state index >= 15 is 0 Å². The number of piperazine rings is 1. The molecule has 2 heterocycles. The monoisotopic (exact) mass is 314 g/mol. The van der Waals surface area contributed by atoms with Crippen molar-refractivity contribution in [1.29, 1.82) is 0 Å². The number of aromatic nitrogens is 2. The van der Waals surface area contributed by atoms with Crippen LogP contribution in [0, 0.1) is 0 Å². The zero-order valence-electron chi connectivity index (χ0n) is 13.5. The first-order valence-corrected chi connectivity index (χ1v) is 8.16. The summed E-state index contributed by atoms with van der Waals surface area (Å²) < 4.78 is 1.93. The summed E-state index contributed by atoms with van der Waals surface area (Å²) in [5, 5.41) is 15.9. The number of rotatable bonds is 5. The Morgan fingerprint density at radius 3 is 2.67 bits per heavy atom. The van der Waals surface area contributed by atoms with Gasteiger partial charge in [0.1, 0.15) is 0 Å². The highest BCUT2D eigenvalue weighted by Crippen LogP contribution is 2.24. The van der Waals surface area contributed by atoms with Crippen molar-refractivity contribution >= 4 is 11.6 Å². The first-order chi connectivity index (χ1) is 9.97. The lowest BCUT2D eigenvalue weighted by Gasteiger charge is -2.40. The lowest BCUT2D eigenvalue weighted by Crippen LogP contribution is -2.55. The van der Waals surface area contributed by atoms with Gasteiger partial charge in [0.15, 0.2) is 0 Å². The summed E-state index contributed by atoms with van der Waals surface area (Å²) in [6.07, 6.45) is 0.950. The Morgan fingerprint density at radius 2 is 2.05 bits per heavy atom. The molecule has 0 amide bonds. The molecule has 0 saturated carbocycles. The molecule has 1 N–H and O–H groups in total. The summed E-state index contributed by atoms with van der Waals surface area (Å²) in [6.45, 7) is 7.81. The summed E-state index contributed by atoms with van der Waals surface area (Å²) >= 11 is 6.44. The Balaban J connectivity index is 2.15. The van der Waals surface area contributed by atoms with Crippen LogP contribution in [0.25, 0.3) is 0 Å². The molecule has 120 valence electrons. The van der Waals surface area contributed by atoms with Gasteiger partial charge in [0.2, 0.25) is 0 Å². The van der Waals surface area contributed by atoms with Gasteiger partial charge in [-0.2, -0.15) is 5.10 Å². The van der Waals surface area contributed by atoms with Crippen molar-refractivity contribution in [3.63, 3.8) is 0 Å². The molecule has 1 saturated heterocycles. The van der Waals surface area contributed by atoms with Crippen LogP contribution >= 0.6 is 11.6 Å². The lowest BCUT2D eigenvalue weighted by atomic mass is 10.0. The number of aliphatic hydroxyl groups is 1. The fraction of sp³-hybridized carbons (Fsp3) is 0.800. The fourth-order valence-corrected chi connectivity index (χ4v) is 3.35. The number of hydrogen-bond donors (Lipinski definition) is 1. The zero-order valence-corrected chi connectivity index (χ0v) is 14.3. The number of hydrogen-bond acceptors (Lipinski definition) is 4. The quantitative estimate of drug-likeness (QED) is 0.889. The highest BCUT2D eigenvalue weighted by atomic mass is 35.5. The highest BCUT2D eigenvalue weighted by molar-refractivity contribution is 6.31. The van der Waals surface area contributed by atoms with E-state index in [1.54, 1.807) is 0 Å². The molecule has 0 aromatic carbocycles. The SMILES string of the molecule is CCc1nn(CC)c(CC(O)C2CN(C)CCN2C)c1Cl. The summed E-state index contributed by atoms with van der Waals surface area (Å²) in [4.78, 5) is 4.51. The van der Waals surface area contributed by atoms with E-state index < -0.39 is 6.10 Å². The molecule has 0 bridgehead atoms. The standard InChI is InChI=1S/C15H27ClN4O/c1-5-11-15(16)12(20(6-2)17-11)9-14(21)13-10-18(3)7-8-19(13)4/h13-14,21H,5-10H2,1-4H3. The maximum absolute atomic E-state index is 10.7. The van der Waals surface area contributed by atoms with Crippen molar-refractivity contribution in [2.75, 3.05) is 33.7 Å². The van der Waals surface area contributed by atoms with Crippen molar-refractivity contribution in [2.24, 2.45) is 0 Å². The maximum Gasteiger partial charge on any atom is 0.0850 e. The number of likely N-dealkylation sites (N-methyl/N-ethyl adjacent to an activating group) is 2. The van der Waals surface area contributed by atoms with E-state index in [-0.39, 0.29) is 6.04 Å². The van der Waals surface area contributed by atoms with Gasteiger partial charge in [0.25, 0.3) is 0 Å². The van der Waals surface area contributed by atoms with Crippen molar-refractivity contribution in [3.05, 3.63) is 16.4 Å². The highest BCUT2D eigenvalue weighted by Gasteiger charge is 2.30. The molecule has 2 atom stereocenters. The van der Waals surface area contributed by atoms with E-state index in [1.807, 2.05) is 4.68 Å². The molecule has 5 nitrogen and oxygen atoms in total. The van der Waals surface area contributed by atoms with E-state index in [0.29, 0.717) is 6.42 Å². The van der Waals surface area contributed by atoms with Crippen molar-refractivity contribution in [2.45, 2.75) is 45.4 Å². The van der Waals surface area contributed by atoms with Gasteiger partial charge in [-0.25, -0.2) is 0 Å². The predicted octanol–water partition coefficient (Wildman–Crippen LogP) is 1.27. The molecule has 1 fully saturated rings. The molecular weight excluding hydrogens is 288 g/mol. The fourth-order valence-electron chi connectivity index (χ4n) is 3.01. The second kappa shape index (κ2) is 7.09. The molecule has 0 aliphatic carbocycles. The molecule has 1 aliphatic heterocycles. The molecule has 0 radical (unpaired) electrons. The van der Waals surface area contributed by atoms with Gasteiger partial charge < -0.3 is 10.0 Å². The van der Waals surface area contributed by atoms with Crippen molar-refractivity contribution < 1.29 is 5.11 Å². The van der Waals surface area contributed by atoms with Crippen LogP contribution in [0.15, 0.2) is 0 Å². The summed E-state index contributed by atoms with van der Waals surface area (Å²) in [7, 11) is 4.18. The lowest BCUT2D eigenvalue weighted by molar-refractivity contribution is 0.0144. The van der Waals surface area contributed by atoms with Crippen LogP contribution in [0.2, 0.25) is 5.02 Å². The first kappa shape index (κ1) is 16.7. The van der Waals surface area contributed by atoms with Gasteiger partial charge in [-0.3, -0.25) is 9.58 Å². The molecule has 0 spiro atoms. The van der Waals surface area contributed by atoms with Gasteiger partial charge in [0, 0.05) is 38.6 Å². The minimum atomic E-state index is -0.429. The minimum absolute atomic E-state index is 0.144. The molecule has 1 aromatic rings. The van der Waals surface area contributed by atoms with Gasteiger partial charge in [-0.15, -0.1) is 0 Å². The van der Waals surface area contributed by atoms with Crippen LogP contribution in [0.3, 0.4) is 0 Å².